The fraction of sp³-hybridized carbons (Fsp3) is 0.222. The van der Waals surface area contributed by atoms with Gasteiger partial charge in [0.15, 0.2) is 0 Å². The van der Waals surface area contributed by atoms with Crippen molar-refractivity contribution >= 4 is 22.5 Å². The summed E-state index contributed by atoms with van der Waals surface area (Å²) >= 11 is 0. The summed E-state index contributed by atoms with van der Waals surface area (Å²) in [5.74, 6) is 0. The Morgan fingerprint density at radius 3 is 1.26 bits per heavy atom. The molecule has 4 aromatic rings. The highest BCUT2D eigenvalue weighted by molar-refractivity contribution is 5.94. The van der Waals surface area contributed by atoms with E-state index in [0.717, 1.165) is 59.3 Å². The number of allylic oxidation sites excluding steroid dienone is 2. The van der Waals surface area contributed by atoms with Gasteiger partial charge < -0.3 is 11.5 Å². The predicted octanol–water partition coefficient (Wildman–Crippen LogP) is 8.66. The first-order valence-corrected chi connectivity index (χ1v) is 13.9. The van der Waals surface area contributed by atoms with E-state index in [1.165, 1.54) is 33.4 Å². The van der Waals surface area contributed by atoms with E-state index in [1.54, 1.807) is 0 Å². The Morgan fingerprint density at radius 1 is 0.500 bits per heavy atom. The number of nitrogens with two attached hydrogens (primary N) is 2. The highest BCUT2D eigenvalue weighted by atomic mass is 14.6. The van der Waals surface area contributed by atoms with Gasteiger partial charge in [-0.15, -0.1) is 0 Å². The minimum atomic E-state index is 0.851. The monoisotopic (exact) mass is 500 g/mol. The van der Waals surface area contributed by atoms with Crippen LogP contribution in [0.3, 0.4) is 0 Å². The van der Waals surface area contributed by atoms with Crippen LogP contribution in [0.4, 0.5) is 11.4 Å². The van der Waals surface area contributed by atoms with Crippen molar-refractivity contribution in [1.29, 1.82) is 0 Å². The van der Waals surface area contributed by atoms with Crippen LogP contribution in [0, 0.1) is 0 Å². The molecule has 0 aliphatic heterocycles. The van der Waals surface area contributed by atoms with Gasteiger partial charge >= 0.3 is 0 Å². The van der Waals surface area contributed by atoms with Crippen molar-refractivity contribution in [3.05, 3.63) is 142 Å². The molecule has 0 atom stereocenters. The molecule has 0 amide bonds. The third-order valence-electron chi connectivity index (χ3n) is 7.54. The Balaban J connectivity index is 2.02. The fourth-order valence-corrected chi connectivity index (χ4v) is 5.47. The maximum Gasteiger partial charge on any atom is 0.0429 e. The van der Waals surface area contributed by atoms with Crippen LogP contribution in [0.5, 0.6) is 0 Å². The van der Waals surface area contributed by atoms with Crippen molar-refractivity contribution < 1.29 is 0 Å². The van der Waals surface area contributed by atoms with Crippen molar-refractivity contribution in [1.82, 2.24) is 0 Å². The molecule has 4 rings (SSSR count). The van der Waals surface area contributed by atoms with Crippen LogP contribution in [0.2, 0.25) is 0 Å². The predicted molar refractivity (Wildman–Crippen MR) is 166 cm³/mol. The highest BCUT2D eigenvalue weighted by Crippen LogP contribution is 2.38. The van der Waals surface area contributed by atoms with E-state index in [2.05, 4.69) is 125 Å². The van der Waals surface area contributed by atoms with E-state index in [4.69, 9.17) is 11.5 Å². The molecule has 0 fully saturated rings. The minimum Gasteiger partial charge on any atom is -0.398 e. The van der Waals surface area contributed by atoms with Gasteiger partial charge in [-0.3, -0.25) is 0 Å². The third kappa shape index (κ3) is 5.45. The van der Waals surface area contributed by atoms with E-state index in [-0.39, 0.29) is 0 Å². The Labute approximate surface area is 228 Å². The van der Waals surface area contributed by atoms with E-state index in [0.29, 0.717) is 0 Å². The molecule has 0 heterocycles. The smallest absolute Gasteiger partial charge is 0.0429 e. The molecular weight excluding hydrogens is 460 g/mol. The lowest BCUT2D eigenvalue weighted by Crippen LogP contribution is -2.07. The zero-order chi connectivity index (χ0) is 27.1. The van der Waals surface area contributed by atoms with Crippen LogP contribution in [0.1, 0.15) is 72.2 Å². The van der Waals surface area contributed by atoms with Crippen molar-refractivity contribution in [2.24, 2.45) is 0 Å². The quantitative estimate of drug-likeness (QED) is 0.178. The maximum atomic E-state index is 6.91. The van der Waals surface area contributed by atoms with Crippen LogP contribution in [-0.2, 0) is 25.7 Å². The highest BCUT2D eigenvalue weighted by Gasteiger charge is 2.18. The summed E-state index contributed by atoms with van der Waals surface area (Å²) in [6, 6.07) is 29.9. The summed E-state index contributed by atoms with van der Waals surface area (Å²) < 4.78 is 0. The molecule has 4 aromatic carbocycles. The fourth-order valence-electron chi connectivity index (χ4n) is 5.47. The molecule has 0 saturated heterocycles. The Morgan fingerprint density at radius 2 is 0.895 bits per heavy atom. The molecule has 0 bridgehead atoms. The zero-order valence-electron chi connectivity index (χ0n) is 23.2. The summed E-state index contributed by atoms with van der Waals surface area (Å²) in [5, 5.41) is 0. The van der Waals surface area contributed by atoms with Crippen LogP contribution >= 0.6 is 0 Å². The van der Waals surface area contributed by atoms with Gasteiger partial charge in [0.1, 0.15) is 0 Å². The number of rotatable bonds is 9. The summed E-state index contributed by atoms with van der Waals surface area (Å²) in [6.07, 6.45) is 8.16. The molecule has 0 unspecified atom stereocenters. The molecule has 2 heteroatoms. The standard InChI is InChI=1S/C36H40N2/c1-5-25-19-21-33(35(37)29(25)7-3)32(34-22-20-26(6-2)30(8-4)36(34)38)24-23-31(27-15-11-9-12-16-27)28-17-13-10-14-18-28/h9-24H,5-8,37-38H2,1-4H3. The Bertz CT molecular complexity index is 1340. The molecule has 0 spiro atoms. The van der Waals surface area contributed by atoms with Gasteiger partial charge in [0.2, 0.25) is 0 Å². The molecule has 2 nitrogen and oxygen atoms in total. The van der Waals surface area contributed by atoms with E-state index >= 15 is 0 Å². The zero-order valence-corrected chi connectivity index (χ0v) is 23.2. The van der Waals surface area contributed by atoms with E-state index in [9.17, 15) is 0 Å². The lowest BCUT2D eigenvalue weighted by atomic mass is 9.87. The molecule has 4 N–H and O–H groups in total. The Hall–Kier alpha value is -4.04. The molecular formula is C36H40N2. The van der Waals surface area contributed by atoms with Crippen molar-refractivity contribution in [3.8, 4) is 0 Å². The average Bonchev–Trinajstić information content (AvgIpc) is 2.96. The number of benzene rings is 4. The first-order valence-electron chi connectivity index (χ1n) is 13.9. The molecule has 0 saturated carbocycles. The maximum absolute atomic E-state index is 6.91. The van der Waals surface area contributed by atoms with Gasteiger partial charge in [-0.1, -0.05) is 125 Å². The SMILES string of the molecule is CCc1ccc(C(=CC=C(c2ccccc2)c2ccccc2)c2ccc(CC)c(CC)c2N)c(N)c1CC. The summed E-state index contributed by atoms with van der Waals surface area (Å²) in [4.78, 5) is 0. The topological polar surface area (TPSA) is 52.0 Å². The Kier molecular flexibility index (Phi) is 8.86. The van der Waals surface area contributed by atoms with Crippen LogP contribution < -0.4 is 11.5 Å². The van der Waals surface area contributed by atoms with Crippen LogP contribution in [0.15, 0.2) is 97.1 Å². The largest absolute Gasteiger partial charge is 0.398 e. The van der Waals surface area contributed by atoms with E-state index in [1.807, 2.05) is 0 Å². The molecule has 0 radical (unpaired) electrons. The van der Waals surface area contributed by atoms with Crippen molar-refractivity contribution in [3.63, 3.8) is 0 Å². The number of aryl methyl sites for hydroxylation is 2. The molecule has 0 aliphatic carbocycles. The summed E-state index contributed by atoms with van der Waals surface area (Å²) in [6.45, 7) is 8.74. The molecule has 0 aromatic heterocycles. The second-order valence-electron chi connectivity index (χ2n) is 9.64. The third-order valence-corrected chi connectivity index (χ3v) is 7.54. The van der Waals surface area contributed by atoms with Gasteiger partial charge in [0.05, 0.1) is 0 Å². The first kappa shape index (κ1) is 27.0. The average molecular weight is 501 g/mol. The molecule has 0 aliphatic rings. The second kappa shape index (κ2) is 12.5. The van der Waals surface area contributed by atoms with Gasteiger partial charge in [-0.25, -0.2) is 0 Å². The van der Waals surface area contributed by atoms with Crippen LogP contribution in [-0.4, -0.2) is 0 Å². The first-order chi connectivity index (χ1) is 18.5. The number of nitrogen functional groups attached to an aromatic ring is 2. The van der Waals surface area contributed by atoms with Crippen LogP contribution in [0.25, 0.3) is 11.1 Å². The minimum absolute atomic E-state index is 0.851. The molecule has 38 heavy (non-hydrogen) atoms. The van der Waals surface area contributed by atoms with Gasteiger partial charge in [-0.05, 0) is 70.2 Å². The van der Waals surface area contributed by atoms with Gasteiger partial charge in [0, 0.05) is 22.5 Å². The molecule has 194 valence electrons. The van der Waals surface area contributed by atoms with Gasteiger partial charge in [0.25, 0.3) is 0 Å². The van der Waals surface area contributed by atoms with Crippen molar-refractivity contribution in [2.45, 2.75) is 53.4 Å². The lowest BCUT2D eigenvalue weighted by molar-refractivity contribution is 1.04. The van der Waals surface area contributed by atoms with Gasteiger partial charge in [-0.2, -0.15) is 0 Å². The summed E-state index contributed by atoms with van der Waals surface area (Å²) in [5.41, 5.74) is 27.2. The lowest BCUT2D eigenvalue weighted by Gasteiger charge is -2.20. The van der Waals surface area contributed by atoms with Crippen molar-refractivity contribution in [2.75, 3.05) is 11.5 Å². The number of hydrogen-bond donors (Lipinski definition) is 2. The number of hydrogen-bond acceptors (Lipinski definition) is 2. The van der Waals surface area contributed by atoms with E-state index < -0.39 is 0 Å². The summed E-state index contributed by atoms with van der Waals surface area (Å²) in [7, 11) is 0. The normalized spacial score (nSPS) is 10.7. The second-order valence-corrected chi connectivity index (χ2v) is 9.64. The number of anilines is 2.